The molecule has 102 heavy (non-hydrogen) atoms. The molecule has 18 aromatic rings. The Balaban J connectivity index is 0.677. The van der Waals surface area contributed by atoms with E-state index in [1.54, 1.807) is 0 Å². The number of hydrogen-bond acceptors (Lipinski definition) is 4. The minimum absolute atomic E-state index is 0.483. The first-order valence-electron chi connectivity index (χ1n) is 35.3. The normalized spacial score (nSPS) is 14.4. The molecule has 0 radical (unpaired) electrons. The average Bonchev–Trinajstić information content (AvgIpc) is 1.51. The maximum absolute atomic E-state index is 6.44. The Kier molecular flexibility index (Phi) is 12.2. The van der Waals surface area contributed by atoms with Crippen molar-refractivity contribution in [3.8, 4) is 77.9 Å². The van der Waals surface area contributed by atoms with Gasteiger partial charge in [0.05, 0.1) is 16.5 Å². The highest BCUT2D eigenvalue weighted by Crippen LogP contribution is 2.66. The molecule has 1 unspecified atom stereocenters. The summed E-state index contributed by atoms with van der Waals surface area (Å²) in [6.45, 7) is 0. The molecular weight excluding hydrogens is 1250 g/mol. The lowest BCUT2D eigenvalue weighted by molar-refractivity contribution is 0.669. The van der Waals surface area contributed by atoms with Crippen molar-refractivity contribution in [1.82, 2.24) is 0 Å². The third kappa shape index (κ3) is 8.01. The summed E-state index contributed by atoms with van der Waals surface area (Å²) in [5, 5.41) is 4.71. The van der Waals surface area contributed by atoms with Crippen LogP contribution >= 0.6 is 11.3 Å². The van der Waals surface area contributed by atoms with Crippen LogP contribution in [0.5, 0.6) is 0 Å². The lowest BCUT2D eigenvalue weighted by Gasteiger charge is -2.32. The predicted molar refractivity (Wildman–Crippen MR) is 425 cm³/mol. The van der Waals surface area contributed by atoms with Gasteiger partial charge in [-0.3, -0.25) is 0 Å². The first-order valence-corrected chi connectivity index (χ1v) is 36.1. The van der Waals surface area contributed by atoms with Crippen molar-refractivity contribution in [2.45, 2.75) is 10.8 Å². The van der Waals surface area contributed by atoms with Crippen molar-refractivity contribution in [3.05, 3.63) is 408 Å². The standard InChI is InChI=1S/C98H60N2OS/c1-3-22-61(23-4-1)63-26-21-27-66(54-63)99(67-47-53-94-83(57-67)79-34-13-20-41-93(79)101-94)68-44-49-77-75-32-10-17-38-87(75)98(90(77)58-68)88-39-18-11-33-76(88)82-55-64(43-52-89(82)98)65-42-48-80-81-51-46-70(60-96(81)102-95(80)56-65)100(92-40-19-12-28-71(92)62-24-5-2-6-25-62)69-45-50-78-74-31-9-16-37-86(74)97(91(78)59-69)84-35-14-7-29-72(84)73-30-8-15-36-85(73)97/h1-60H. The van der Waals surface area contributed by atoms with Crippen LogP contribution in [0.25, 0.3) is 120 Å². The molecule has 0 saturated carbocycles. The first-order chi connectivity index (χ1) is 50.6. The molecule has 1 atom stereocenters. The summed E-state index contributed by atoms with van der Waals surface area (Å²) >= 11 is 1.88. The van der Waals surface area contributed by atoms with Crippen molar-refractivity contribution >= 4 is 87.6 Å². The fourth-order valence-corrected chi connectivity index (χ4v) is 19.6. The van der Waals surface area contributed by atoms with E-state index < -0.39 is 10.8 Å². The van der Waals surface area contributed by atoms with Gasteiger partial charge in [0.15, 0.2) is 0 Å². The molecule has 22 rings (SSSR count). The van der Waals surface area contributed by atoms with Gasteiger partial charge in [0.1, 0.15) is 11.2 Å². The minimum atomic E-state index is -0.586. The van der Waals surface area contributed by atoms with Crippen LogP contribution in [-0.4, -0.2) is 0 Å². The summed E-state index contributed by atoms with van der Waals surface area (Å²) in [5.74, 6) is 0. The van der Waals surface area contributed by atoms with Crippen LogP contribution in [0.1, 0.15) is 44.5 Å². The number of rotatable bonds is 9. The van der Waals surface area contributed by atoms with E-state index in [9.17, 15) is 0 Å². The lowest BCUT2D eigenvalue weighted by Crippen LogP contribution is -2.26. The van der Waals surface area contributed by atoms with Gasteiger partial charge in [-0.05, 0) is 208 Å². The van der Waals surface area contributed by atoms with Crippen molar-refractivity contribution < 1.29 is 4.42 Å². The Hall–Kier alpha value is -12.9. The predicted octanol–water partition coefficient (Wildman–Crippen LogP) is 26.6. The molecule has 4 heteroatoms. The number of anilines is 6. The molecule has 0 amide bonds. The molecule has 0 aliphatic heterocycles. The lowest BCUT2D eigenvalue weighted by atomic mass is 9.70. The van der Waals surface area contributed by atoms with E-state index in [1.165, 1.54) is 137 Å². The van der Waals surface area contributed by atoms with Gasteiger partial charge in [-0.25, -0.2) is 0 Å². The van der Waals surface area contributed by atoms with Gasteiger partial charge in [0.2, 0.25) is 0 Å². The molecule has 4 aliphatic carbocycles. The van der Waals surface area contributed by atoms with E-state index in [2.05, 4.69) is 368 Å². The second-order valence-corrected chi connectivity index (χ2v) is 28.8. The number of hydrogen-bond donors (Lipinski definition) is 0. The molecule has 3 nitrogen and oxygen atoms in total. The molecule has 0 fully saturated rings. The van der Waals surface area contributed by atoms with Crippen LogP contribution in [0.3, 0.4) is 0 Å². The molecule has 2 spiro atoms. The fourth-order valence-electron chi connectivity index (χ4n) is 18.5. The fraction of sp³-hybridized carbons (Fsp3) is 0.0204. The molecular formula is C98H60N2OS. The van der Waals surface area contributed by atoms with E-state index in [-0.39, 0.29) is 0 Å². The average molecular weight is 1310 g/mol. The Labute approximate surface area is 595 Å². The van der Waals surface area contributed by atoms with Crippen LogP contribution in [0.4, 0.5) is 34.1 Å². The molecule has 474 valence electrons. The molecule has 16 aromatic carbocycles. The quantitative estimate of drug-likeness (QED) is 0.144. The molecule has 4 aliphatic rings. The van der Waals surface area contributed by atoms with Crippen LogP contribution in [0, 0.1) is 0 Å². The summed E-state index contributed by atoms with van der Waals surface area (Å²) in [4.78, 5) is 4.96. The Morgan fingerprint density at radius 1 is 0.206 bits per heavy atom. The zero-order valence-corrected chi connectivity index (χ0v) is 56.2. The molecule has 2 aromatic heterocycles. The highest BCUT2D eigenvalue weighted by Gasteiger charge is 2.53. The highest BCUT2D eigenvalue weighted by molar-refractivity contribution is 7.25. The molecule has 0 saturated heterocycles. The topological polar surface area (TPSA) is 19.6 Å². The van der Waals surface area contributed by atoms with Gasteiger partial charge in [-0.1, -0.05) is 273 Å². The van der Waals surface area contributed by atoms with E-state index >= 15 is 0 Å². The van der Waals surface area contributed by atoms with E-state index in [0.717, 1.165) is 61.6 Å². The first kappa shape index (κ1) is 57.1. The Morgan fingerprint density at radius 2 is 0.618 bits per heavy atom. The summed E-state index contributed by atoms with van der Waals surface area (Å²) in [7, 11) is 0. The zero-order valence-electron chi connectivity index (χ0n) is 55.4. The molecule has 0 N–H and O–H groups in total. The largest absolute Gasteiger partial charge is 0.456 e. The van der Waals surface area contributed by atoms with Crippen LogP contribution in [-0.2, 0) is 10.8 Å². The van der Waals surface area contributed by atoms with Crippen molar-refractivity contribution in [2.75, 3.05) is 9.80 Å². The number of benzene rings is 16. The molecule has 0 bridgehead atoms. The van der Waals surface area contributed by atoms with Gasteiger partial charge < -0.3 is 14.2 Å². The Bertz CT molecular complexity index is 6490. The van der Waals surface area contributed by atoms with Crippen molar-refractivity contribution in [3.63, 3.8) is 0 Å². The van der Waals surface area contributed by atoms with E-state index in [4.69, 9.17) is 4.42 Å². The summed E-state index contributed by atoms with van der Waals surface area (Å²) in [6.07, 6.45) is 0. The van der Waals surface area contributed by atoms with Gasteiger partial charge in [-0.2, -0.15) is 0 Å². The number of fused-ring (bicyclic) bond motifs is 26. The smallest absolute Gasteiger partial charge is 0.135 e. The summed E-state index contributed by atoms with van der Waals surface area (Å²) < 4.78 is 8.94. The van der Waals surface area contributed by atoms with E-state index in [1.807, 2.05) is 17.4 Å². The van der Waals surface area contributed by atoms with Crippen LogP contribution < -0.4 is 9.80 Å². The number of para-hydroxylation sites is 2. The minimum Gasteiger partial charge on any atom is -0.456 e. The number of furan rings is 1. The third-order valence-electron chi connectivity index (χ3n) is 22.7. The third-order valence-corrected chi connectivity index (χ3v) is 23.8. The van der Waals surface area contributed by atoms with Gasteiger partial charge in [-0.15, -0.1) is 11.3 Å². The summed E-state index contributed by atoms with van der Waals surface area (Å²) in [6, 6.07) is 136. The Morgan fingerprint density at radius 3 is 1.25 bits per heavy atom. The van der Waals surface area contributed by atoms with Crippen LogP contribution in [0.15, 0.2) is 368 Å². The second-order valence-electron chi connectivity index (χ2n) is 27.7. The summed E-state index contributed by atoms with van der Waals surface area (Å²) in [5.41, 5.74) is 35.1. The maximum Gasteiger partial charge on any atom is 0.135 e. The zero-order chi connectivity index (χ0) is 66.8. The van der Waals surface area contributed by atoms with Gasteiger partial charge in [0.25, 0.3) is 0 Å². The van der Waals surface area contributed by atoms with Crippen LogP contribution in [0.2, 0.25) is 0 Å². The number of thiophene rings is 1. The van der Waals surface area contributed by atoms with Gasteiger partial charge >= 0.3 is 0 Å². The van der Waals surface area contributed by atoms with Gasteiger partial charge in [0, 0.05) is 64.9 Å². The SMILES string of the molecule is c1ccc(-c2cccc(N(c3ccc4c(c3)C3(c5ccccc5-c5cc(-c6ccc7c(c6)sc6cc(N(c8ccc9c(c8)C8(c%10ccccc%10-c%10ccccc%108)c8ccccc8-9)c8ccccc8-c8ccccc8)ccc67)ccc53)c3ccccc3-4)c3ccc4oc5ccccc5c4c3)c2)cc1. The molecule has 2 heterocycles. The van der Waals surface area contributed by atoms with E-state index in [0.29, 0.717) is 0 Å². The van der Waals surface area contributed by atoms with Crippen molar-refractivity contribution in [1.29, 1.82) is 0 Å². The monoisotopic (exact) mass is 1310 g/mol. The highest BCUT2D eigenvalue weighted by atomic mass is 32.1. The maximum atomic E-state index is 6.44. The number of nitrogens with zero attached hydrogens (tertiary/aromatic N) is 2. The second kappa shape index (κ2) is 21.8. The van der Waals surface area contributed by atoms with Crippen molar-refractivity contribution in [2.24, 2.45) is 0 Å².